The van der Waals surface area contributed by atoms with Crippen molar-refractivity contribution >= 4 is 6.09 Å². The Morgan fingerprint density at radius 2 is 1.91 bits per heavy atom. The molecule has 1 aromatic carbocycles. The van der Waals surface area contributed by atoms with Crippen LogP contribution < -0.4 is 0 Å². The molecule has 2 heterocycles. The molecule has 2 fully saturated rings. The first-order valence-corrected chi connectivity index (χ1v) is 7.87. The highest BCUT2D eigenvalue weighted by Crippen LogP contribution is 2.43. The second-order valence-electron chi connectivity index (χ2n) is 6.55. The molecule has 3 rings (SSSR count). The van der Waals surface area contributed by atoms with Gasteiger partial charge in [-0.2, -0.15) is 0 Å². The molecule has 4 nitrogen and oxygen atoms in total. The molecule has 2 atom stereocenters. The van der Waals surface area contributed by atoms with E-state index in [-0.39, 0.29) is 18.2 Å². The van der Waals surface area contributed by atoms with Crippen LogP contribution in [0.1, 0.15) is 38.2 Å². The van der Waals surface area contributed by atoms with Gasteiger partial charge in [-0.15, -0.1) is 0 Å². The smallest absolute Gasteiger partial charge is 0.410 e. The molecule has 0 saturated carbocycles. The summed E-state index contributed by atoms with van der Waals surface area (Å²) >= 11 is 0. The SMILES string of the molecule is C=C(C)C1(O)CC2CCC(C1)N2C(=O)OCc1ccccc1. The Morgan fingerprint density at radius 3 is 2.45 bits per heavy atom. The third-order valence-corrected chi connectivity index (χ3v) is 4.98. The van der Waals surface area contributed by atoms with Crippen LogP contribution in [0.4, 0.5) is 4.79 Å². The molecule has 4 heteroatoms. The Balaban J connectivity index is 1.64. The maximum absolute atomic E-state index is 12.4. The van der Waals surface area contributed by atoms with Gasteiger partial charge in [-0.3, -0.25) is 0 Å². The normalized spacial score (nSPS) is 30.2. The van der Waals surface area contributed by atoms with Gasteiger partial charge in [0, 0.05) is 24.9 Å². The molecule has 118 valence electrons. The number of ether oxygens (including phenoxy) is 1. The molecule has 0 spiro atoms. The van der Waals surface area contributed by atoms with E-state index in [1.165, 1.54) is 0 Å². The van der Waals surface area contributed by atoms with Gasteiger partial charge in [-0.1, -0.05) is 36.9 Å². The van der Waals surface area contributed by atoms with Crippen molar-refractivity contribution in [1.29, 1.82) is 0 Å². The third-order valence-electron chi connectivity index (χ3n) is 4.98. The molecule has 1 amide bonds. The van der Waals surface area contributed by atoms with Gasteiger partial charge in [0.05, 0.1) is 5.60 Å². The summed E-state index contributed by atoms with van der Waals surface area (Å²) in [7, 11) is 0. The first-order chi connectivity index (χ1) is 10.5. The van der Waals surface area contributed by atoms with Crippen molar-refractivity contribution in [3.8, 4) is 0 Å². The first kappa shape index (κ1) is 15.1. The van der Waals surface area contributed by atoms with Gasteiger partial charge in [0.15, 0.2) is 0 Å². The molecule has 2 aliphatic rings. The molecular weight excluding hydrogens is 278 g/mol. The molecule has 22 heavy (non-hydrogen) atoms. The van der Waals surface area contributed by atoms with Gasteiger partial charge in [-0.25, -0.2) is 4.79 Å². The van der Waals surface area contributed by atoms with E-state index in [2.05, 4.69) is 6.58 Å². The third kappa shape index (κ3) is 2.75. The number of rotatable bonds is 3. The van der Waals surface area contributed by atoms with Crippen LogP contribution in [0.3, 0.4) is 0 Å². The maximum Gasteiger partial charge on any atom is 0.410 e. The summed E-state index contributed by atoms with van der Waals surface area (Å²) < 4.78 is 5.46. The molecule has 0 aliphatic carbocycles. The van der Waals surface area contributed by atoms with Crippen LogP contribution >= 0.6 is 0 Å². The van der Waals surface area contributed by atoms with Gasteiger partial charge >= 0.3 is 6.09 Å². The Bertz CT molecular complexity index is 555. The molecule has 2 saturated heterocycles. The molecule has 1 N–H and O–H groups in total. The minimum atomic E-state index is -0.831. The number of hydrogen-bond acceptors (Lipinski definition) is 3. The van der Waals surface area contributed by atoms with Crippen LogP contribution in [0.15, 0.2) is 42.5 Å². The van der Waals surface area contributed by atoms with Crippen molar-refractivity contribution in [1.82, 2.24) is 4.90 Å². The Morgan fingerprint density at radius 1 is 1.32 bits per heavy atom. The number of fused-ring (bicyclic) bond motifs is 2. The quantitative estimate of drug-likeness (QED) is 0.872. The summed E-state index contributed by atoms with van der Waals surface area (Å²) in [5.74, 6) is 0. The molecular formula is C18H23NO3. The highest BCUT2D eigenvalue weighted by atomic mass is 16.6. The topological polar surface area (TPSA) is 49.8 Å². The number of carbonyl (C=O) groups excluding carboxylic acids is 1. The second-order valence-corrected chi connectivity index (χ2v) is 6.55. The largest absolute Gasteiger partial charge is 0.445 e. The molecule has 1 aromatic rings. The number of hydrogen-bond donors (Lipinski definition) is 1. The van der Waals surface area contributed by atoms with Crippen molar-refractivity contribution in [2.45, 2.75) is 56.9 Å². The van der Waals surface area contributed by atoms with E-state index < -0.39 is 5.60 Å². The Hall–Kier alpha value is -1.81. The fraction of sp³-hybridized carbons (Fsp3) is 0.500. The zero-order valence-corrected chi connectivity index (χ0v) is 13.0. The summed E-state index contributed by atoms with van der Waals surface area (Å²) in [5, 5.41) is 10.7. The zero-order valence-electron chi connectivity index (χ0n) is 13.0. The summed E-state index contributed by atoms with van der Waals surface area (Å²) in [6.45, 7) is 6.06. The van der Waals surface area contributed by atoms with E-state index in [0.29, 0.717) is 19.4 Å². The fourth-order valence-electron chi connectivity index (χ4n) is 3.67. The predicted molar refractivity (Wildman–Crippen MR) is 84.3 cm³/mol. The standard InChI is InChI=1S/C18H23NO3/c1-13(2)18(21)10-15-8-9-16(11-18)19(15)17(20)22-12-14-6-4-3-5-7-14/h3-7,15-16,21H,1,8-12H2,2H3. The number of amides is 1. The van der Waals surface area contributed by atoms with Gasteiger partial charge in [0.25, 0.3) is 0 Å². The number of nitrogens with zero attached hydrogens (tertiary/aromatic N) is 1. The zero-order chi connectivity index (χ0) is 15.7. The van der Waals surface area contributed by atoms with E-state index >= 15 is 0 Å². The monoisotopic (exact) mass is 301 g/mol. The van der Waals surface area contributed by atoms with E-state index in [1.807, 2.05) is 42.2 Å². The van der Waals surface area contributed by atoms with E-state index in [0.717, 1.165) is 24.0 Å². The maximum atomic E-state index is 12.4. The number of aliphatic hydroxyl groups is 1. The van der Waals surface area contributed by atoms with Crippen LogP contribution in [-0.2, 0) is 11.3 Å². The van der Waals surface area contributed by atoms with Crippen LogP contribution in [0, 0.1) is 0 Å². The average molecular weight is 301 g/mol. The number of piperidine rings is 1. The van der Waals surface area contributed by atoms with E-state index in [1.54, 1.807) is 0 Å². The van der Waals surface area contributed by atoms with Gasteiger partial charge in [0.2, 0.25) is 0 Å². The molecule has 0 aromatic heterocycles. The van der Waals surface area contributed by atoms with E-state index in [4.69, 9.17) is 4.74 Å². The number of benzene rings is 1. The van der Waals surface area contributed by atoms with Gasteiger partial charge in [0.1, 0.15) is 6.61 Å². The summed E-state index contributed by atoms with van der Waals surface area (Å²) in [4.78, 5) is 14.2. The highest BCUT2D eigenvalue weighted by Gasteiger charge is 2.50. The fourth-order valence-corrected chi connectivity index (χ4v) is 3.67. The number of carbonyl (C=O) groups is 1. The Kier molecular flexibility index (Phi) is 3.96. The van der Waals surface area contributed by atoms with Crippen molar-refractivity contribution in [2.75, 3.05) is 0 Å². The van der Waals surface area contributed by atoms with Crippen molar-refractivity contribution in [3.05, 3.63) is 48.0 Å². The van der Waals surface area contributed by atoms with Crippen LogP contribution in [0.2, 0.25) is 0 Å². The van der Waals surface area contributed by atoms with Crippen LogP contribution in [0.5, 0.6) is 0 Å². The second kappa shape index (κ2) is 5.76. The average Bonchev–Trinajstić information content (AvgIpc) is 2.78. The van der Waals surface area contributed by atoms with Crippen LogP contribution in [0.25, 0.3) is 0 Å². The first-order valence-electron chi connectivity index (χ1n) is 7.87. The molecule has 2 unspecified atom stereocenters. The van der Waals surface area contributed by atoms with E-state index in [9.17, 15) is 9.90 Å². The van der Waals surface area contributed by atoms with Crippen molar-refractivity contribution < 1.29 is 14.6 Å². The summed E-state index contributed by atoms with van der Waals surface area (Å²) in [6, 6.07) is 9.80. The lowest BCUT2D eigenvalue weighted by molar-refractivity contribution is -0.0248. The lowest BCUT2D eigenvalue weighted by Gasteiger charge is -2.43. The van der Waals surface area contributed by atoms with Crippen molar-refractivity contribution in [2.24, 2.45) is 0 Å². The summed E-state index contributed by atoms with van der Waals surface area (Å²) in [5.41, 5.74) is 0.947. The molecule has 0 radical (unpaired) electrons. The summed E-state index contributed by atoms with van der Waals surface area (Å²) in [6.07, 6.45) is 2.74. The van der Waals surface area contributed by atoms with Crippen molar-refractivity contribution in [3.63, 3.8) is 0 Å². The highest BCUT2D eigenvalue weighted by molar-refractivity contribution is 5.69. The lowest BCUT2D eigenvalue weighted by atomic mass is 9.81. The minimum absolute atomic E-state index is 0.0590. The minimum Gasteiger partial charge on any atom is -0.445 e. The molecule has 2 aliphatic heterocycles. The van der Waals surface area contributed by atoms with Gasteiger partial charge in [-0.05, 0) is 30.9 Å². The van der Waals surface area contributed by atoms with Crippen LogP contribution in [-0.4, -0.2) is 33.8 Å². The predicted octanol–water partition coefficient (Wildman–Crippen LogP) is 3.26. The Labute approximate surface area is 131 Å². The molecule has 2 bridgehead atoms. The lowest BCUT2D eigenvalue weighted by Crippen LogP contribution is -2.53. The van der Waals surface area contributed by atoms with Gasteiger partial charge < -0.3 is 14.7 Å².